The summed E-state index contributed by atoms with van der Waals surface area (Å²) in [5.41, 5.74) is -1.93. The minimum atomic E-state index is -7.01. The summed E-state index contributed by atoms with van der Waals surface area (Å²) >= 11 is 0. The van der Waals surface area contributed by atoms with E-state index in [2.05, 4.69) is 18.9 Å². The number of ether oxygens (including phenoxy) is 12. The zero-order chi connectivity index (χ0) is 93.4. The molecule has 0 heterocycles. The lowest BCUT2D eigenvalue weighted by Gasteiger charge is -2.33. The van der Waals surface area contributed by atoms with E-state index < -0.39 is 183 Å². The Balaban J connectivity index is 0.000000549. The predicted molar refractivity (Wildman–Crippen MR) is 371 cm³/mol. The molecule has 45 heteroatoms. The van der Waals surface area contributed by atoms with Gasteiger partial charge in [-0.2, -0.15) is 110 Å². The van der Waals surface area contributed by atoms with E-state index in [0.717, 1.165) is 10.9 Å². The Morgan fingerprint density at radius 1 is 0.306 bits per heavy atom. The highest BCUT2D eigenvalue weighted by Gasteiger charge is 2.81. The van der Waals surface area contributed by atoms with E-state index in [-0.39, 0.29) is 52.8 Å². The Bertz CT molecular complexity index is 4200. The number of halogens is 25. The molecule has 5 rings (SSSR count). The maximum atomic E-state index is 13.4. The molecule has 5 aromatic rings. The van der Waals surface area contributed by atoms with Gasteiger partial charge in [-0.05, 0) is 188 Å². The predicted octanol–water partition coefficient (Wildman–Crippen LogP) is 19.8. The lowest BCUT2D eigenvalue weighted by molar-refractivity contribution is -0.397. The standard InChI is InChI=1S/C22H23F5O5.C20H21F9O5.C17H18F6O5.C17H19F5O5/c1-4-20(2,3)19(29)31-11-14-5-6-16-10-17(8-7-15(16)9-14)30-12-18(28)32-13-21(23,24)22(25,26)27;1-4-16(2,3)15(31)34-13-7-5-12(6-8-13)33-11-14(30)32-10-9-17(21,22)18(23,24)19(25,26)20(27,28)29;1-4-15(2,3)14(25)27-11-7-5-10(6-8-11)26-9-12(24)28-13(16(18,19)20)17(21,22)23;1-4-15(2,3)14(24)27-12-7-5-11(6-8-12)25-9-13(23)26-10-16(18,19)17(20,21)22/h5-10H,4,11-13H2,1-3H3;5-8H,4,9-11H2,1-3H3;5-8,13H,4,9H2,1-3H3;5-8H,4,9-10H2,1-3H3. The number of fused-ring (bicyclic) bond motifs is 1. The molecule has 0 N–H and O–H groups in total. The summed E-state index contributed by atoms with van der Waals surface area (Å²) in [6, 6.07) is 25.6. The molecule has 0 aliphatic heterocycles. The van der Waals surface area contributed by atoms with Gasteiger partial charge in [0.05, 0.1) is 34.7 Å². The van der Waals surface area contributed by atoms with Crippen LogP contribution in [0.5, 0.6) is 40.2 Å². The largest absolute Gasteiger partial charge is 0.482 e. The number of carbonyl (C=O) groups excluding carboxylic acids is 8. The van der Waals surface area contributed by atoms with Gasteiger partial charge in [-0.1, -0.05) is 45.9 Å². The molecule has 0 saturated heterocycles. The first kappa shape index (κ1) is 107. The molecular weight excluding hydrogens is 1710 g/mol. The average Bonchev–Trinajstić information content (AvgIpc) is 0.743. The molecule has 0 radical (unpaired) electrons. The van der Waals surface area contributed by atoms with Crippen molar-refractivity contribution in [3.05, 3.63) is 115 Å². The highest BCUT2D eigenvalue weighted by molar-refractivity contribution is 5.85. The number of hydrogen-bond donors (Lipinski definition) is 0. The molecule has 680 valence electrons. The van der Waals surface area contributed by atoms with Gasteiger partial charge in [0, 0.05) is 0 Å². The summed E-state index contributed by atoms with van der Waals surface area (Å²) in [4.78, 5) is 93.3. The van der Waals surface area contributed by atoms with Crippen LogP contribution >= 0.6 is 0 Å². The Kier molecular flexibility index (Phi) is 37.8. The second kappa shape index (κ2) is 42.9. The zero-order valence-corrected chi connectivity index (χ0v) is 65.8. The SMILES string of the molecule is CCC(C)(C)C(=O)OCc1ccc2cc(OCC(=O)OCC(F)(F)C(F)(F)F)ccc2c1.CCC(C)(C)C(=O)Oc1ccc(OCC(=O)OC(C(F)(F)F)C(F)(F)F)cc1.CCC(C)(C)C(=O)Oc1ccc(OCC(=O)OCC(F)(F)C(F)(F)F)cc1.CCC(C)(C)C(=O)Oc1ccc(OCC(=O)OCCC(F)(F)C(F)(F)C(F)(F)C(F)(F)F)cc1. The number of alkyl halides is 25. The van der Waals surface area contributed by atoms with Gasteiger partial charge in [0.2, 0.25) is 0 Å². The van der Waals surface area contributed by atoms with Gasteiger partial charge in [0.25, 0.3) is 6.10 Å². The summed E-state index contributed by atoms with van der Waals surface area (Å²) in [7, 11) is 0. The molecule has 0 unspecified atom stereocenters. The van der Waals surface area contributed by atoms with Crippen LogP contribution < -0.4 is 33.2 Å². The highest BCUT2D eigenvalue weighted by atomic mass is 19.4. The van der Waals surface area contributed by atoms with Gasteiger partial charge in [-0.25, -0.2) is 19.2 Å². The van der Waals surface area contributed by atoms with Gasteiger partial charge in [-0.3, -0.25) is 19.2 Å². The van der Waals surface area contributed by atoms with Crippen molar-refractivity contribution in [3.8, 4) is 40.2 Å². The summed E-state index contributed by atoms with van der Waals surface area (Å²) in [5, 5.41) is 1.50. The van der Waals surface area contributed by atoms with Crippen LogP contribution in [0.25, 0.3) is 10.8 Å². The molecule has 0 atom stereocenters. The maximum absolute atomic E-state index is 13.4. The van der Waals surface area contributed by atoms with Crippen molar-refractivity contribution in [1.29, 1.82) is 0 Å². The molecule has 20 nitrogen and oxygen atoms in total. The summed E-state index contributed by atoms with van der Waals surface area (Å²) < 4.78 is 367. The number of rotatable bonds is 35. The van der Waals surface area contributed by atoms with E-state index in [1.165, 1.54) is 78.9 Å². The van der Waals surface area contributed by atoms with Crippen molar-refractivity contribution in [2.24, 2.45) is 21.7 Å². The van der Waals surface area contributed by atoms with Gasteiger partial charge in [0.15, 0.2) is 39.6 Å². The van der Waals surface area contributed by atoms with Crippen LogP contribution in [0.4, 0.5) is 110 Å². The maximum Gasteiger partial charge on any atom is 0.460 e. The van der Waals surface area contributed by atoms with Crippen LogP contribution in [0.15, 0.2) is 109 Å². The third-order valence-electron chi connectivity index (χ3n) is 16.9. The lowest BCUT2D eigenvalue weighted by Crippen LogP contribution is -2.61. The topological polar surface area (TPSA) is 247 Å². The summed E-state index contributed by atoms with van der Waals surface area (Å²) in [5.74, 6) is -36.8. The molecule has 0 saturated carbocycles. The van der Waals surface area contributed by atoms with Gasteiger partial charge in [0.1, 0.15) is 46.9 Å². The van der Waals surface area contributed by atoms with E-state index in [0.29, 0.717) is 31.1 Å². The molecule has 0 aliphatic rings. The molecule has 0 amide bonds. The monoisotopic (exact) mass is 1790 g/mol. The molecule has 0 bridgehead atoms. The Morgan fingerprint density at radius 3 is 0.917 bits per heavy atom. The number of benzene rings is 5. The first-order valence-corrected chi connectivity index (χ1v) is 35.1. The normalized spacial score (nSPS) is 12.8. The Morgan fingerprint density at radius 2 is 0.595 bits per heavy atom. The molecule has 0 spiro atoms. The van der Waals surface area contributed by atoms with Crippen molar-refractivity contribution in [2.45, 2.75) is 188 Å². The highest BCUT2D eigenvalue weighted by Crippen LogP contribution is 2.54. The van der Waals surface area contributed by atoms with Crippen molar-refractivity contribution in [2.75, 3.05) is 46.2 Å². The first-order chi connectivity index (χ1) is 55.0. The van der Waals surface area contributed by atoms with Gasteiger partial charge < -0.3 is 56.8 Å². The first-order valence-electron chi connectivity index (χ1n) is 35.1. The van der Waals surface area contributed by atoms with Crippen LogP contribution in [-0.4, -0.2) is 161 Å². The number of hydrogen-bond acceptors (Lipinski definition) is 20. The zero-order valence-electron chi connectivity index (χ0n) is 65.8. The van der Waals surface area contributed by atoms with E-state index in [9.17, 15) is 148 Å². The van der Waals surface area contributed by atoms with Crippen molar-refractivity contribution in [1.82, 2.24) is 0 Å². The van der Waals surface area contributed by atoms with Crippen molar-refractivity contribution in [3.63, 3.8) is 0 Å². The molecule has 0 fully saturated rings. The van der Waals surface area contributed by atoms with E-state index in [4.69, 9.17) is 37.9 Å². The minimum absolute atomic E-state index is 0.0215. The van der Waals surface area contributed by atoms with Crippen LogP contribution in [0, 0.1) is 21.7 Å². The summed E-state index contributed by atoms with van der Waals surface area (Å²) in [6.45, 7) is 11.6. The van der Waals surface area contributed by atoms with Crippen molar-refractivity contribution >= 4 is 58.5 Å². The average molecular weight is 1790 g/mol. The third-order valence-corrected chi connectivity index (χ3v) is 16.9. The molecule has 0 aliphatic carbocycles. The number of carbonyl (C=O) groups is 8. The molecule has 5 aromatic carbocycles. The van der Waals surface area contributed by atoms with Crippen molar-refractivity contribution < 1.29 is 205 Å². The van der Waals surface area contributed by atoms with E-state index in [1.54, 1.807) is 99.6 Å². The second-order valence-corrected chi connectivity index (χ2v) is 28.1. The Hall–Kier alpha value is -10.4. The fourth-order valence-corrected chi connectivity index (χ4v) is 7.46. The van der Waals surface area contributed by atoms with E-state index >= 15 is 0 Å². The smallest absolute Gasteiger partial charge is 0.460 e. The molecule has 121 heavy (non-hydrogen) atoms. The molecular formula is C76H81F25O20. The lowest BCUT2D eigenvalue weighted by atomic mass is 9.91. The van der Waals surface area contributed by atoms with Gasteiger partial charge in [-0.15, -0.1) is 0 Å². The fraction of sp³-hybridized carbons (Fsp3) is 0.526. The molecule has 0 aromatic heterocycles. The van der Waals surface area contributed by atoms with E-state index in [1.807, 2.05) is 13.8 Å². The Labute approximate surface area is 673 Å². The van der Waals surface area contributed by atoms with Crippen LogP contribution in [0.2, 0.25) is 0 Å². The minimum Gasteiger partial charge on any atom is -0.482 e. The number of esters is 8. The van der Waals surface area contributed by atoms with Crippen LogP contribution in [-0.2, 0) is 68.6 Å². The fourth-order valence-electron chi connectivity index (χ4n) is 7.46. The van der Waals surface area contributed by atoms with Gasteiger partial charge >= 0.3 is 108 Å². The third kappa shape index (κ3) is 33.5. The van der Waals surface area contributed by atoms with Crippen LogP contribution in [0.3, 0.4) is 0 Å². The quantitative estimate of drug-likeness (QED) is 0.0158. The van der Waals surface area contributed by atoms with Crippen LogP contribution in [0.1, 0.15) is 121 Å². The summed E-state index contributed by atoms with van der Waals surface area (Å²) in [6.07, 6.45) is -34.4. The second-order valence-electron chi connectivity index (χ2n) is 28.1.